The van der Waals surface area contributed by atoms with Gasteiger partial charge in [0.15, 0.2) is 0 Å². The van der Waals surface area contributed by atoms with E-state index in [9.17, 15) is 14.4 Å². The molecule has 9 rings (SSSR count). The van der Waals surface area contributed by atoms with Crippen LogP contribution in [0.15, 0.2) is 140 Å². The van der Waals surface area contributed by atoms with Gasteiger partial charge in [-0.1, -0.05) is 233 Å². The Hall–Kier alpha value is -8.11. The predicted octanol–water partition coefficient (Wildman–Crippen LogP) is 18.3. The van der Waals surface area contributed by atoms with Crippen molar-refractivity contribution in [2.75, 3.05) is 13.1 Å². The van der Waals surface area contributed by atoms with E-state index < -0.39 is 6.04 Å². The van der Waals surface area contributed by atoms with E-state index in [-0.39, 0.29) is 30.6 Å². The minimum absolute atomic E-state index is 0.105. The van der Waals surface area contributed by atoms with E-state index >= 15 is 0 Å². The zero-order valence-electron chi connectivity index (χ0n) is 49.8. The van der Waals surface area contributed by atoms with Gasteiger partial charge < -0.3 is 25.9 Å². The SMILES string of the molecule is CCCCCCCCCCCCNC(=O)CCC(NC(=O)c1ccc(-c2c3nc(c(-c4ccccc4)c4ccc([nH]4)c(-c4ccccc4)c4nc(c(-c5ccccc5)c5ccc2[nH]5)C=C4)C=C3)cc1)C(=O)NCCCCCCCCCCCC. The summed E-state index contributed by atoms with van der Waals surface area (Å²) in [6, 6.07) is 46.2. The van der Waals surface area contributed by atoms with Gasteiger partial charge in [0.1, 0.15) is 6.04 Å². The third kappa shape index (κ3) is 16.8. The number of aromatic nitrogens is 4. The lowest BCUT2D eigenvalue weighted by Gasteiger charge is -2.19. The van der Waals surface area contributed by atoms with Crippen LogP contribution < -0.4 is 16.0 Å². The Bertz CT molecular complexity index is 3430. The number of hydrogen-bond acceptors (Lipinski definition) is 5. The first kappa shape index (κ1) is 60.5. The van der Waals surface area contributed by atoms with Gasteiger partial charge in [-0.2, -0.15) is 0 Å². The van der Waals surface area contributed by atoms with Gasteiger partial charge in [-0.25, -0.2) is 9.97 Å². The molecule has 7 aromatic rings. The molecule has 1 atom stereocenters. The highest BCUT2D eigenvalue weighted by atomic mass is 16.2. The molecule has 10 nitrogen and oxygen atoms in total. The zero-order valence-corrected chi connectivity index (χ0v) is 49.8. The molecule has 3 aromatic heterocycles. The van der Waals surface area contributed by atoms with Gasteiger partial charge in [0.25, 0.3) is 5.91 Å². The Morgan fingerprint density at radius 1 is 0.393 bits per heavy atom. The minimum atomic E-state index is -0.883. The molecule has 2 aliphatic heterocycles. The van der Waals surface area contributed by atoms with E-state index in [1.807, 2.05) is 66.7 Å². The van der Waals surface area contributed by atoms with Crippen molar-refractivity contribution in [2.45, 2.75) is 161 Å². The van der Waals surface area contributed by atoms with Crippen LogP contribution in [0.3, 0.4) is 0 Å². The number of hydrogen-bond donors (Lipinski definition) is 5. The van der Waals surface area contributed by atoms with Gasteiger partial charge in [0, 0.05) is 69.4 Å². The van der Waals surface area contributed by atoms with Gasteiger partial charge in [-0.05, 0) is 102 Å². The number of benzene rings is 4. The highest BCUT2D eigenvalue weighted by Gasteiger charge is 2.24. The first-order valence-corrected chi connectivity index (χ1v) is 31.7. The van der Waals surface area contributed by atoms with Crippen LogP contribution in [0.5, 0.6) is 0 Å². The quantitative estimate of drug-likeness (QED) is 0.0267. The summed E-state index contributed by atoms with van der Waals surface area (Å²) in [4.78, 5) is 60.0. The molecule has 3 amide bonds. The summed E-state index contributed by atoms with van der Waals surface area (Å²) in [6.45, 7) is 5.64. The van der Waals surface area contributed by atoms with E-state index in [1.165, 1.54) is 96.3 Å². The first-order chi connectivity index (χ1) is 41.4. The number of nitrogens with zero attached hydrogens (tertiary/aromatic N) is 2. The number of H-pyrrole nitrogens is 2. The van der Waals surface area contributed by atoms with Crippen LogP contribution in [-0.4, -0.2) is 56.8 Å². The van der Waals surface area contributed by atoms with E-state index in [2.05, 4.69) is 137 Å². The molecule has 0 aliphatic carbocycles. The molecule has 436 valence electrons. The van der Waals surface area contributed by atoms with Gasteiger partial charge in [-0.15, -0.1) is 0 Å². The average molecular weight is 1120 g/mol. The van der Waals surface area contributed by atoms with Crippen molar-refractivity contribution in [3.05, 3.63) is 168 Å². The average Bonchev–Trinajstić information content (AvgIpc) is 4.43. The van der Waals surface area contributed by atoms with Crippen LogP contribution >= 0.6 is 0 Å². The molecule has 1 unspecified atom stereocenters. The van der Waals surface area contributed by atoms with Crippen LogP contribution in [0.1, 0.15) is 188 Å². The van der Waals surface area contributed by atoms with Crippen LogP contribution in [0.2, 0.25) is 0 Å². The lowest BCUT2D eigenvalue weighted by atomic mass is 10.0. The van der Waals surface area contributed by atoms with Crippen LogP contribution in [0, 0.1) is 0 Å². The monoisotopic (exact) mass is 1120 g/mol. The fraction of sp³-hybridized carbons (Fsp3) is 0.365. The predicted molar refractivity (Wildman–Crippen MR) is 351 cm³/mol. The van der Waals surface area contributed by atoms with Crippen molar-refractivity contribution in [2.24, 2.45) is 0 Å². The second-order valence-electron chi connectivity index (χ2n) is 22.7. The molecular formula is C74H87N7O3. The molecule has 10 heteroatoms. The highest BCUT2D eigenvalue weighted by molar-refractivity contribution is 6.01. The first-order valence-electron chi connectivity index (χ1n) is 31.7. The zero-order chi connectivity index (χ0) is 58.1. The van der Waals surface area contributed by atoms with Crippen LogP contribution in [0.25, 0.3) is 90.9 Å². The smallest absolute Gasteiger partial charge is 0.251 e. The second kappa shape index (κ2) is 32.1. The van der Waals surface area contributed by atoms with Crippen molar-refractivity contribution in [1.82, 2.24) is 35.9 Å². The number of carbonyl (C=O) groups is 3. The normalized spacial score (nSPS) is 12.1. The maximum atomic E-state index is 14.3. The Morgan fingerprint density at radius 3 is 1.10 bits per heavy atom. The number of rotatable bonds is 32. The molecule has 2 aliphatic rings. The summed E-state index contributed by atoms with van der Waals surface area (Å²) in [5.74, 6) is -0.752. The molecule has 5 N–H and O–H groups in total. The van der Waals surface area contributed by atoms with E-state index in [0.29, 0.717) is 18.7 Å². The Labute approximate surface area is 498 Å². The third-order valence-electron chi connectivity index (χ3n) is 16.3. The van der Waals surface area contributed by atoms with Crippen LogP contribution in [-0.2, 0) is 9.59 Å². The summed E-state index contributed by atoms with van der Waals surface area (Å²) >= 11 is 0. The Kier molecular flexibility index (Phi) is 23.1. The molecule has 8 bridgehead atoms. The number of nitrogens with one attached hydrogen (secondary N) is 5. The minimum Gasteiger partial charge on any atom is -0.356 e. The molecule has 0 spiro atoms. The lowest BCUT2D eigenvalue weighted by molar-refractivity contribution is -0.124. The van der Waals surface area contributed by atoms with E-state index in [0.717, 1.165) is 121 Å². The lowest BCUT2D eigenvalue weighted by Crippen LogP contribution is -2.47. The van der Waals surface area contributed by atoms with Crippen molar-refractivity contribution in [1.29, 1.82) is 0 Å². The van der Waals surface area contributed by atoms with Gasteiger partial charge in [-0.3, -0.25) is 14.4 Å². The topological polar surface area (TPSA) is 145 Å². The Morgan fingerprint density at radius 2 is 0.726 bits per heavy atom. The largest absolute Gasteiger partial charge is 0.356 e. The number of carbonyl (C=O) groups excluding carboxylic acids is 3. The summed E-state index contributed by atoms with van der Waals surface area (Å²) in [5.41, 5.74) is 14.9. The van der Waals surface area contributed by atoms with Crippen LogP contribution in [0.4, 0.5) is 0 Å². The second-order valence-corrected chi connectivity index (χ2v) is 22.7. The maximum absolute atomic E-state index is 14.3. The molecule has 84 heavy (non-hydrogen) atoms. The van der Waals surface area contributed by atoms with Crippen molar-refractivity contribution in [3.8, 4) is 44.5 Å². The summed E-state index contributed by atoms with van der Waals surface area (Å²) < 4.78 is 0. The van der Waals surface area contributed by atoms with Crippen molar-refractivity contribution in [3.63, 3.8) is 0 Å². The summed E-state index contributed by atoms with van der Waals surface area (Å²) in [6.07, 6.45) is 33.0. The fourth-order valence-corrected chi connectivity index (χ4v) is 11.7. The van der Waals surface area contributed by atoms with Crippen molar-refractivity contribution < 1.29 is 14.4 Å². The third-order valence-corrected chi connectivity index (χ3v) is 16.3. The standard InChI is InChI=1S/C74H87N7O3/c1-3-5-7-9-11-13-15-17-19-30-52-75-68(82)51-50-67(74(84)76-53-31-20-18-16-14-12-10-8-6-4-2)81-73(83)58-40-38-57(39-41-58)72-65-48-46-63(79-65)70(55-34-26-22-27-35-55)61-44-42-59(77-61)69(54-32-24-21-25-33-54)60-43-45-62(78-60)71(56-36-28-23-29-37-56)64-47-49-66(72)80-64/h21-29,32-49,67,77,80H,3-20,30-31,50-53H2,1-2H3,(H,75,82)(H,76,84)(H,81,83). The molecule has 0 fully saturated rings. The maximum Gasteiger partial charge on any atom is 0.251 e. The van der Waals surface area contributed by atoms with Gasteiger partial charge >= 0.3 is 0 Å². The number of unbranched alkanes of at least 4 members (excludes halogenated alkanes) is 18. The molecule has 0 saturated heterocycles. The Balaban J connectivity index is 0.996. The van der Waals surface area contributed by atoms with E-state index in [4.69, 9.17) is 9.97 Å². The van der Waals surface area contributed by atoms with Gasteiger partial charge in [0.05, 0.1) is 22.8 Å². The molecular weight excluding hydrogens is 1030 g/mol. The number of fused-ring (bicyclic) bond motifs is 8. The molecule has 0 radical (unpaired) electrons. The number of amides is 3. The molecule has 4 aromatic carbocycles. The highest BCUT2D eigenvalue weighted by Crippen LogP contribution is 2.38. The molecule has 5 heterocycles. The summed E-state index contributed by atoms with van der Waals surface area (Å²) in [5, 5.41) is 9.22. The van der Waals surface area contributed by atoms with Crippen molar-refractivity contribution >= 4 is 64.1 Å². The molecule has 0 saturated carbocycles. The summed E-state index contributed by atoms with van der Waals surface area (Å²) in [7, 11) is 0. The van der Waals surface area contributed by atoms with E-state index in [1.54, 1.807) is 0 Å². The van der Waals surface area contributed by atoms with Gasteiger partial charge in [0.2, 0.25) is 11.8 Å². The number of aromatic amines is 2. The fourth-order valence-electron chi connectivity index (χ4n) is 11.7.